The van der Waals surface area contributed by atoms with Crippen LogP contribution in [0.1, 0.15) is 54.9 Å². The predicted octanol–water partition coefficient (Wildman–Crippen LogP) is 4.36. The predicted molar refractivity (Wildman–Crippen MR) is 63.1 cm³/mol. The molecule has 0 aromatic heterocycles. The van der Waals surface area contributed by atoms with Gasteiger partial charge in [-0.05, 0) is 6.92 Å². The Balaban J connectivity index is -0.0000000174. The van der Waals surface area contributed by atoms with E-state index in [1.165, 1.54) is 6.42 Å². The minimum atomic E-state index is 1.25. The van der Waals surface area contributed by atoms with Gasteiger partial charge in [-0.2, -0.15) is 0 Å². The average molecular weight is 170 g/mol. The van der Waals surface area contributed by atoms with E-state index in [-0.39, 0.29) is 0 Å². The minimum Gasteiger partial charge on any atom is -0.124 e. The standard InChI is InChI=1S/C3H8.C3H4.2C2H6.C2H2/c2*1-3-2;3*1-2/h3H2,1-2H3;1H,2H3;2*1-2H3;1-2H. The molecular weight excluding hydrogens is 144 g/mol. The fourth-order valence-corrected chi connectivity index (χ4v) is 0. The van der Waals surface area contributed by atoms with E-state index in [0.29, 0.717) is 0 Å². The molecule has 0 rings (SSSR count). The summed E-state index contributed by atoms with van der Waals surface area (Å²) in [7, 11) is 0. The van der Waals surface area contributed by atoms with Crippen LogP contribution in [0.4, 0.5) is 0 Å². The lowest BCUT2D eigenvalue weighted by Gasteiger charge is -1.48. The van der Waals surface area contributed by atoms with Crippen molar-refractivity contribution in [3.63, 3.8) is 0 Å². The molecule has 0 heteroatoms. The highest BCUT2D eigenvalue weighted by molar-refractivity contribution is 4.73. The lowest BCUT2D eigenvalue weighted by Crippen LogP contribution is -1.27. The first-order chi connectivity index (χ1) is 5.83. The molecule has 0 aromatic carbocycles. The summed E-state index contributed by atoms with van der Waals surface area (Å²) in [6.45, 7) is 13.9. The summed E-state index contributed by atoms with van der Waals surface area (Å²) in [5, 5.41) is 0. The maximum absolute atomic E-state index is 4.60. The van der Waals surface area contributed by atoms with Crippen molar-refractivity contribution in [3.05, 3.63) is 0 Å². The van der Waals surface area contributed by atoms with E-state index in [4.69, 9.17) is 0 Å². The van der Waals surface area contributed by atoms with Gasteiger partial charge in [0.15, 0.2) is 0 Å². The fourth-order valence-electron chi connectivity index (χ4n) is 0. The Kier molecular flexibility index (Phi) is 1700. The SMILES string of the molecule is C#C.C#CC.CC.CC.CCC. The monoisotopic (exact) mass is 170 g/mol. The van der Waals surface area contributed by atoms with Crippen LogP contribution < -0.4 is 0 Å². The molecule has 12 heavy (non-hydrogen) atoms. The van der Waals surface area contributed by atoms with Crippen LogP contribution in [0.15, 0.2) is 0 Å². The molecule has 0 aliphatic carbocycles. The lowest BCUT2D eigenvalue weighted by atomic mass is 10.6. The van der Waals surface area contributed by atoms with Crippen LogP contribution in [0.3, 0.4) is 0 Å². The summed E-state index contributed by atoms with van der Waals surface area (Å²) < 4.78 is 0. The Morgan fingerprint density at radius 2 is 0.917 bits per heavy atom. The number of hydrogen-bond acceptors (Lipinski definition) is 0. The van der Waals surface area contributed by atoms with Gasteiger partial charge in [0, 0.05) is 0 Å². The zero-order valence-corrected chi connectivity index (χ0v) is 9.94. The van der Waals surface area contributed by atoms with Gasteiger partial charge in [-0.15, -0.1) is 25.2 Å². The Hall–Kier alpha value is -0.880. The number of rotatable bonds is 0. The van der Waals surface area contributed by atoms with Gasteiger partial charge >= 0.3 is 0 Å². The van der Waals surface area contributed by atoms with Crippen LogP contribution in [0, 0.1) is 25.2 Å². The molecule has 74 valence electrons. The highest BCUT2D eigenvalue weighted by atomic mass is 13.4. The summed E-state index contributed by atoms with van der Waals surface area (Å²) in [6, 6.07) is 0. The second kappa shape index (κ2) is 671. The van der Waals surface area contributed by atoms with Crippen LogP contribution in [0.2, 0.25) is 0 Å². The molecule has 0 atom stereocenters. The van der Waals surface area contributed by atoms with Crippen molar-refractivity contribution in [2.45, 2.75) is 54.9 Å². The maximum Gasteiger partial charge on any atom is -0.00297 e. The molecule has 0 nitrogen and oxygen atoms in total. The van der Waals surface area contributed by atoms with E-state index in [9.17, 15) is 0 Å². The zero-order valence-electron chi connectivity index (χ0n) is 9.94. The van der Waals surface area contributed by atoms with Gasteiger partial charge in [0.05, 0.1) is 0 Å². The van der Waals surface area contributed by atoms with Crippen LogP contribution >= 0.6 is 0 Å². The third-order valence-electron chi connectivity index (χ3n) is 0. The molecule has 0 unspecified atom stereocenters. The van der Waals surface area contributed by atoms with E-state index in [1.807, 2.05) is 27.7 Å². The van der Waals surface area contributed by atoms with Crippen molar-refractivity contribution >= 4 is 0 Å². The molecule has 0 N–H and O–H groups in total. The van der Waals surface area contributed by atoms with Crippen molar-refractivity contribution in [3.8, 4) is 25.2 Å². The summed E-state index contributed by atoms with van der Waals surface area (Å²) >= 11 is 0. The third kappa shape index (κ3) is 777. The largest absolute Gasteiger partial charge is 0.124 e. The molecule has 0 amide bonds. The van der Waals surface area contributed by atoms with E-state index >= 15 is 0 Å². The first-order valence-electron chi connectivity index (χ1n) is 4.54. The van der Waals surface area contributed by atoms with Gasteiger partial charge in [0.1, 0.15) is 0 Å². The van der Waals surface area contributed by atoms with Gasteiger partial charge in [-0.3, -0.25) is 0 Å². The first kappa shape index (κ1) is 30.4. The van der Waals surface area contributed by atoms with Gasteiger partial charge in [-0.1, -0.05) is 48.0 Å². The Morgan fingerprint density at radius 3 is 0.917 bits per heavy atom. The van der Waals surface area contributed by atoms with Gasteiger partial charge in [-0.25, -0.2) is 0 Å². The van der Waals surface area contributed by atoms with Crippen LogP contribution in [0.25, 0.3) is 0 Å². The molecule has 0 fully saturated rings. The molecule has 0 saturated carbocycles. The smallest absolute Gasteiger partial charge is 0.00297 e. The minimum absolute atomic E-state index is 1.25. The summed E-state index contributed by atoms with van der Waals surface area (Å²) in [5.74, 6) is 2.25. The third-order valence-corrected chi connectivity index (χ3v) is 0. The first-order valence-corrected chi connectivity index (χ1v) is 4.54. The highest BCUT2D eigenvalue weighted by Crippen LogP contribution is 1.56. The molecule has 0 aromatic rings. The van der Waals surface area contributed by atoms with Crippen LogP contribution in [-0.4, -0.2) is 0 Å². The number of terminal acetylenes is 2. The molecule has 0 spiro atoms. The quantitative estimate of drug-likeness (QED) is 0.474. The Morgan fingerprint density at radius 1 is 0.917 bits per heavy atom. The maximum atomic E-state index is 4.60. The van der Waals surface area contributed by atoms with Crippen LogP contribution in [0.5, 0.6) is 0 Å². The van der Waals surface area contributed by atoms with Crippen molar-refractivity contribution < 1.29 is 0 Å². The van der Waals surface area contributed by atoms with Gasteiger partial charge < -0.3 is 0 Å². The van der Waals surface area contributed by atoms with E-state index in [1.54, 1.807) is 6.92 Å². The zero-order chi connectivity index (χ0) is 11.4. The molecule has 0 radical (unpaired) electrons. The molecule has 0 aliphatic heterocycles. The number of hydrogen-bond donors (Lipinski definition) is 0. The van der Waals surface area contributed by atoms with Crippen molar-refractivity contribution in [2.75, 3.05) is 0 Å². The Labute approximate surface area is 80.8 Å². The van der Waals surface area contributed by atoms with Crippen LogP contribution in [-0.2, 0) is 0 Å². The summed E-state index contributed by atoms with van der Waals surface area (Å²) in [6.07, 6.45) is 13.8. The molecular formula is C12H26. The molecule has 0 bridgehead atoms. The van der Waals surface area contributed by atoms with E-state index < -0.39 is 0 Å². The second-order valence-corrected chi connectivity index (χ2v) is 0.996. The second-order valence-electron chi connectivity index (χ2n) is 0.996. The van der Waals surface area contributed by atoms with E-state index in [0.717, 1.165) is 0 Å². The lowest BCUT2D eigenvalue weighted by molar-refractivity contribution is 1.09. The fraction of sp³-hybridized carbons (Fsp3) is 0.667. The van der Waals surface area contributed by atoms with Crippen molar-refractivity contribution in [1.29, 1.82) is 0 Å². The van der Waals surface area contributed by atoms with Gasteiger partial charge in [0.2, 0.25) is 0 Å². The molecule has 0 heterocycles. The summed E-state index contributed by atoms with van der Waals surface area (Å²) in [4.78, 5) is 0. The average Bonchev–Trinajstić information content (AvgIpc) is 2.16. The Bertz CT molecular complexity index is 52.2. The normalized spacial score (nSPS) is 3.33. The van der Waals surface area contributed by atoms with Crippen molar-refractivity contribution in [1.82, 2.24) is 0 Å². The molecule has 0 saturated heterocycles. The van der Waals surface area contributed by atoms with Crippen molar-refractivity contribution in [2.24, 2.45) is 0 Å². The molecule has 0 aliphatic rings. The topological polar surface area (TPSA) is 0 Å². The van der Waals surface area contributed by atoms with E-state index in [2.05, 4.69) is 39.0 Å². The highest BCUT2D eigenvalue weighted by Gasteiger charge is 1.35. The van der Waals surface area contributed by atoms with Gasteiger partial charge in [0.25, 0.3) is 0 Å². The summed E-state index contributed by atoms with van der Waals surface area (Å²) in [5.41, 5.74) is 0.